The maximum Gasteiger partial charge on any atom is 0.212 e. The molecule has 0 saturated heterocycles. The summed E-state index contributed by atoms with van der Waals surface area (Å²) in [7, 11) is -3.13. The number of sulfonamides is 1. The first-order valence-corrected chi connectivity index (χ1v) is 7.60. The highest BCUT2D eigenvalue weighted by Gasteiger charge is 2.32. The van der Waals surface area contributed by atoms with E-state index in [-0.39, 0.29) is 17.2 Å². The molecule has 1 fully saturated rings. The second-order valence-electron chi connectivity index (χ2n) is 5.84. The van der Waals surface area contributed by atoms with Crippen LogP contribution >= 0.6 is 0 Å². The van der Waals surface area contributed by atoms with Crippen LogP contribution in [0.4, 0.5) is 0 Å². The molecule has 1 unspecified atom stereocenters. The van der Waals surface area contributed by atoms with Gasteiger partial charge in [0, 0.05) is 6.04 Å². The largest absolute Gasteiger partial charge is 0.330 e. The summed E-state index contributed by atoms with van der Waals surface area (Å²) < 4.78 is 26.5. The normalized spacial score (nSPS) is 19.8. The van der Waals surface area contributed by atoms with Crippen LogP contribution in [0.3, 0.4) is 0 Å². The molecule has 0 amide bonds. The molecular formula is C11H24N2O2S. The highest BCUT2D eigenvalue weighted by molar-refractivity contribution is 7.89. The lowest BCUT2D eigenvalue weighted by atomic mass is 9.85. The molecule has 5 heteroatoms. The monoisotopic (exact) mass is 248 g/mol. The summed E-state index contributed by atoms with van der Waals surface area (Å²) in [5, 5.41) is 0. The van der Waals surface area contributed by atoms with Crippen LogP contribution < -0.4 is 10.5 Å². The first-order valence-electron chi connectivity index (χ1n) is 5.94. The zero-order valence-corrected chi connectivity index (χ0v) is 11.3. The molecule has 0 radical (unpaired) electrons. The standard InChI is InChI=1S/C11H24N2O2S/c1-11(2,3)10(6-7-12)13-16(14,15)8-9-4-5-9/h9-10,13H,4-8,12H2,1-3H3. The van der Waals surface area contributed by atoms with Gasteiger partial charge in [-0.3, -0.25) is 0 Å². The third-order valence-electron chi connectivity index (χ3n) is 2.97. The smallest absolute Gasteiger partial charge is 0.212 e. The van der Waals surface area contributed by atoms with Gasteiger partial charge in [0.05, 0.1) is 5.75 Å². The van der Waals surface area contributed by atoms with E-state index in [9.17, 15) is 8.42 Å². The van der Waals surface area contributed by atoms with Gasteiger partial charge in [0.15, 0.2) is 0 Å². The average molecular weight is 248 g/mol. The zero-order valence-electron chi connectivity index (χ0n) is 10.5. The second kappa shape index (κ2) is 5.02. The topological polar surface area (TPSA) is 72.2 Å². The molecule has 0 aromatic carbocycles. The lowest BCUT2D eigenvalue weighted by Gasteiger charge is -2.31. The van der Waals surface area contributed by atoms with Crippen molar-refractivity contribution in [1.82, 2.24) is 4.72 Å². The van der Waals surface area contributed by atoms with Crippen molar-refractivity contribution in [2.45, 2.75) is 46.1 Å². The molecule has 1 aliphatic rings. The van der Waals surface area contributed by atoms with Crippen molar-refractivity contribution in [2.24, 2.45) is 17.1 Å². The summed E-state index contributed by atoms with van der Waals surface area (Å²) in [6.07, 6.45) is 2.80. The van der Waals surface area contributed by atoms with Crippen LogP contribution in [-0.4, -0.2) is 26.8 Å². The van der Waals surface area contributed by atoms with Gasteiger partial charge in [-0.25, -0.2) is 13.1 Å². The number of nitrogens with two attached hydrogens (primary N) is 1. The summed E-state index contributed by atoms with van der Waals surface area (Å²) in [6, 6.07) is -0.0683. The summed E-state index contributed by atoms with van der Waals surface area (Å²) in [6.45, 7) is 6.61. The first kappa shape index (κ1) is 13.9. The fourth-order valence-corrected chi connectivity index (χ4v) is 3.65. The van der Waals surface area contributed by atoms with E-state index in [1.165, 1.54) is 0 Å². The van der Waals surface area contributed by atoms with Gasteiger partial charge < -0.3 is 5.73 Å². The van der Waals surface area contributed by atoms with Gasteiger partial charge in [0.2, 0.25) is 10.0 Å². The van der Waals surface area contributed by atoms with Gasteiger partial charge >= 0.3 is 0 Å². The maximum atomic E-state index is 11.9. The Labute approximate surface area is 99.0 Å². The van der Waals surface area contributed by atoms with E-state index in [0.717, 1.165) is 12.8 Å². The highest BCUT2D eigenvalue weighted by atomic mass is 32.2. The van der Waals surface area contributed by atoms with Crippen LogP contribution in [0.1, 0.15) is 40.0 Å². The summed E-state index contributed by atoms with van der Waals surface area (Å²) in [5.74, 6) is 0.667. The van der Waals surface area contributed by atoms with Gasteiger partial charge in [0.1, 0.15) is 0 Å². The first-order chi connectivity index (χ1) is 7.24. The summed E-state index contributed by atoms with van der Waals surface area (Å²) >= 11 is 0. The fraction of sp³-hybridized carbons (Fsp3) is 1.00. The molecule has 0 bridgehead atoms. The molecular weight excluding hydrogens is 224 g/mol. The van der Waals surface area contributed by atoms with Crippen LogP contribution in [-0.2, 0) is 10.0 Å². The predicted molar refractivity (Wildman–Crippen MR) is 66.6 cm³/mol. The third-order valence-corrected chi connectivity index (χ3v) is 4.53. The van der Waals surface area contributed by atoms with E-state index in [4.69, 9.17) is 5.73 Å². The Morgan fingerprint density at radius 1 is 1.38 bits per heavy atom. The van der Waals surface area contributed by atoms with E-state index >= 15 is 0 Å². The molecule has 0 spiro atoms. The van der Waals surface area contributed by atoms with Crippen molar-refractivity contribution in [3.05, 3.63) is 0 Å². The third kappa shape index (κ3) is 4.80. The maximum absolute atomic E-state index is 11.9. The van der Waals surface area contributed by atoms with E-state index in [0.29, 0.717) is 18.9 Å². The van der Waals surface area contributed by atoms with Gasteiger partial charge in [-0.2, -0.15) is 0 Å². The van der Waals surface area contributed by atoms with Crippen LogP contribution in [0.15, 0.2) is 0 Å². The van der Waals surface area contributed by atoms with E-state index in [2.05, 4.69) is 4.72 Å². The average Bonchev–Trinajstić information content (AvgIpc) is 2.84. The van der Waals surface area contributed by atoms with Gasteiger partial charge in [-0.1, -0.05) is 20.8 Å². The Morgan fingerprint density at radius 3 is 2.31 bits per heavy atom. The Morgan fingerprint density at radius 2 is 1.94 bits per heavy atom. The molecule has 96 valence electrons. The Balaban J connectivity index is 2.59. The minimum absolute atomic E-state index is 0.0683. The van der Waals surface area contributed by atoms with Gasteiger partial charge in [0.25, 0.3) is 0 Å². The quantitative estimate of drug-likeness (QED) is 0.739. The molecule has 0 aromatic rings. The number of hydrogen-bond acceptors (Lipinski definition) is 3. The van der Waals surface area contributed by atoms with E-state index in [1.807, 2.05) is 20.8 Å². The molecule has 4 nitrogen and oxygen atoms in total. The molecule has 16 heavy (non-hydrogen) atoms. The zero-order chi connectivity index (χ0) is 12.4. The molecule has 0 aliphatic heterocycles. The molecule has 1 saturated carbocycles. The van der Waals surface area contributed by atoms with Gasteiger partial charge in [-0.05, 0) is 37.1 Å². The number of rotatable bonds is 6. The second-order valence-corrected chi connectivity index (χ2v) is 7.64. The number of nitrogens with one attached hydrogen (secondary N) is 1. The Kier molecular flexibility index (Phi) is 4.37. The van der Waals surface area contributed by atoms with Crippen LogP contribution in [0.2, 0.25) is 0 Å². The molecule has 1 atom stereocenters. The summed E-state index contributed by atoms with van der Waals surface area (Å²) in [5.41, 5.74) is 5.44. The van der Waals surface area contributed by atoms with Crippen molar-refractivity contribution in [3.63, 3.8) is 0 Å². The molecule has 0 heterocycles. The van der Waals surface area contributed by atoms with Crippen LogP contribution in [0.5, 0.6) is 0 Å². The van der Waals surface area contributed by atoms with Crippen molar-refractivity contribution < 1.29 is 8.42 Å². The SMILES string of the molecule is CC(C)(C)C(CCN)NS(=O)(=O)CC1CC1. The van der Waals surface area contributed by atoms with Gasteiger partial charge in [-0.15, -0.1) is 0 Å². The Bertz CT molecular complexity index is 315. The summed E-state index contributed by atoms with van der Waals surface area (Å²) in [4.78, 5) is 0. The molecule has 3 N–H and O–H groups in total. The van der Waals surface area contributed by atoms with E-state index in [1.54, 1.807) is 0 Å². The Hall–Kier alpha value is -0.130. The number of hydrogen-bond donors (Lipinski definition) is 2. The van der Waals surface area contributed by atoms with Crippen molar-refractivity contribution in [2.75, 3.05) is 12.3 Å². The highest BCUT2D eigenvalue weighted by Crippen LogP contribution is 2.30. The molecule has 1 rings (SSSR count). The van der Waals surface area contributed by atoms with Crippen molar-refractivity contribution in [3.8, 4) is 0 Å². The minimum Gasteiger partial charge on any atom is -0.330 e. The van der Waals surface area contributed by atoms with E-state index < -0.39 is 10.0 Å². The predicted octanol–water partition coefficient (Wildman–Crippen LogP) is 1.08. The fourth-order valence-electron chi connectivity index (χ4n) is 1.70. The van der Waals surface area contributed by atoms with Crippen LogP contribution in [0, 0.1) is 11.3 Å². The molecule has 1 aliphatic carbocycles. The minimum atomic E-state index is -3.13. The van der Waals surface area contributed by atoms with Crippen LogP contribution in [0.25, 0.3) is 0 Å². The molecule has 0 aromatic heterocycles. The lowest BCUT2D eigenvalue weighted by Crippen LogP contribution is -2.45. The lowest BCUT2D eigenvalue weighted by molar-refractivity contribution is 0.287. The van der Waals surface area contributed by atoms with Crippen molar-refractivity contribution >= 4 is 10.0 Å². The van der Waals surface area contributed by atoms with Crippen molar-refractivity contribution in [1.29, 1.82) is 0 Å².